The summed E-state index contributed by atoms with van der Waals surface area (Å²) in [6.45, 7) is 10.2. The molecule has 1 fully saturated rings. The monoisotopic (exact) mass is 346 g/mol. The third-order valence-electron chi connectivity index (χ3n) is 4.53. The molecule has 0 radical (unpaired) electrons. The molecule has 5 nitrogen and oxygen atoms in total. The van der Waals surface area contributed by atoms with Gasteiger partial charge in [0.25, 0.3) is 0 Å². The van der Waals surface area contributed by atoms with Gasteiger partial charge in [-0.3, -0.25) is 9.89 Å². The molecule has 2 N–H and O–H groups in total. The molecular weight excluding hydrogens is 312 g/mol. The highest BCUT2D eigenvalue weighted by molar-refractivity contribution is 5.79. The van der Waals surface area contributed by atoms with E-state index in [-0.39, 0.29) is 0 Å². The van der Waals surface area contributed by atoms with Crippen molar-refractivity contribution in [1.29, 1.82) is 0 Å². The Labute approximate surface area is 152 Å². The van der Waals surface area contributed by atoms with Gasteiger partial charge in [0.1, 0.15) is 5.75 Å². The molecule has 25 heavy (non-hydrogen) atoms. The van der Waals surface area contributed by atoms with Gasteiger partial charge in [-0.05, 0) is 51.7 Å². The molecule has 1 aromatic rings. The van der Waals surface area contributed by atoms with E-state index in [1.165, 1.54) is 18.4 Å². The molecule has 0 heterocycles. The van der Waals surface area contributed by atoms with E-state index in [1.807, 2.05) is 12.1 Å². The van der Waals surface area contributed by atoms with E-state index < -0.39 is 0 Å². The molecule has 0 aliphatic heterocycles. The number of nitrogens with one attached hydrogen (secondary N) is 2. The summed E-state index contributed by atoms with van der Waals surface area (Å²) in [5, 5.41) is 6.77. The van der Waals surface area contributed by atoms with Gasteiger partial charge >= 0.3 is 0 Å². The SMILES string of the molecule is CCNC(=NCCN(C(C)C)C1CC1)NCCc1ccccc1OC. The van der Waals surface area contributed by atoms with E-state index in [0.29, 0.717) is 6.04 Å². The van der Waals surface area contributed by atoms with Crippen LogP contribution in [-0.2, 0) is 6.42 Å². The summed E-state index contributed by atoms with van der Waals surface area (Å²) in [5.74, 6) is 1.85. The Balaban J connectivity index is 1.80. The normalized spacial score (nSPS) is 14.9. The molecule has 0 unspecified atom stereocenters. The van der Waals surface area contributed by atoms with Crippen LogP contribution < -0.4 is 15.4 Å². The van der Waals surface area contributed by atoms with Crippen LogP contribution in [0.25, 0.3) is 0 Å². The minimum absolute atomic E-state index is 0.601. The second kappa shape index (κ2) is 10.3. The minimum Gasteiger partial charge on any atom is -0.496 e. The van der Waals surface area contributed by atoms with Gasteiger partial charge in [-0.2, -0.15) is 0 Å². The van der Waals surface area contributed by atoms with E-state index in [2.05, 4.69) is 48.4 Å². The van der Waals surface area contributed by atoms with Crippen molar-refractivity contribution in [2.45, 2.75) is 52.1 Å². The van der Waals surface area contributed by atoms with Crippen molar-refractivity contribution in [3.05, 3.63) is 29.8 Å². The highest BCUT2D eigenvalue weighted by Crippen LogP contribution is 2.28. The van der Waals surface area contributed by atoms with Gasteiger partial charge in [0.15, 0.2) is 5.96 Å². The molecule has 1 aliphatic rings. The van der Waals surface area contributed by atoms with Crippen LogP contribution in [0.2, 0.25) is 0 Å². The number of methoxy groups -OCH3 is 1. The molecule has 0 saturated heterocycles. The Morgan fingerprint density at radius 3 is 2.68 bits per heavy atom. The Hall–Kier alpha value is -1.75. The molecule has 140 valence electrons. The molecule has 0 amide bonds. The number of guanidine groups is 1. The van der Waals surface area contributed by atoms with Crippen LogP contribution in [0, 0.1) is 0 Å². The Morgan fingerprint density at radius 2 is 2.04 bits per heavy atom. The third-order valence-corrected chi connectivity index (χ3v) is 4.53. The van der Waals surface area contributed by atoms with Gasteiger partial charge in [-0.15, -0.1) is 0 Å². The lowest BCUT2D eigenvalue weighted by molar-refractivity contribution is 0.218. The zero-order chi connectivity index (χ0) is 18.1. The first-order valence-electron chi connectivity index (χ1n) is 9.55. The number of hydrogen-bond donors (Lipinski definition) is 2. The number of aliphatic imine (C=N–C) groups is 1. The van der Waals surface area contributed by atoms with Crippen molar-refractivity contribution in [2.24, 2.45) is 4.99 Å². The largest absolute Gasteiger partial charge is 0.496 e. The van der Waals surface area contributed by atoms with E-state index in [0.717, 1.165) is 50.4 Å². The van der Waals surface area contributed by atoms with E-state index in [9.17, 15) is 0 Å². The van der Waals surface area contributed by atoms with Crippen LogP contribution in [0.5, 0.6) is 5.75 Å². The van der Waals surface area contributed by atoms with Crippen molar-refractivity contribution in [3.8, 4) is 5.75 Å². The number of benzene rings is 1. The van der Waals surface area contributed by atoms with Crippen LogP contribution in [0.1, 0.15) is 39.2 Å². The lowest BCUT2D eigenvalue weighted by atomic mass is 10.1. The second-order valence-corrected chi connectivity index (χ2v) is 6.81. The highest BCUT2D eigenvalue weighted by Gasteiger charge is 2.29. The number of hydrogen-bond acceptors (Lipinski definition) is 3. The fourth-order valence-corrected chi connectivity index (χ4v) is 3.11. The summed E-state index contributed by atoms with van der Waals surface area (Å²) in [7, 11) is 1.72. The smallest absolute Gasteiger partial charge is 0.191 e. The molecule has 0 bridgehead atoms. The second-order valence-electron chi connectivity index (χ2n) is 6.81. The average molecular weight is 347 g/mol. The highest BCUT2D eigenvalue weighted by atomic mass is 16.5. The zero-order valence-corrected chi connectivity index (χ0v) is 16.2. The maximum Gasteiger partial charge on any atom is 0.191 e. The van der Waals surface area contributed by atoms with Crippen molar-refractivity contribution >= 4 is 5.96 Å². The summed E-state index contributed by atoms with van der Waals surface area (Å²) < 4.78 is 5.41. The first-order valence-corrected chi connectivity index (χ1v) is 9.55. The summed E-state index contributed by atoms with van der Waals surface area (Å²) in [4.78, 5) is 7.31. The fourth-order valence-electron chi connectivity index (χ4n) is 3.11. The molecule has 1 aliphatic carbocycles. The van der Waals surface area contributed by atoms with Crippen molar-refractivity contribution in [3.63, 3.8) is 0 Å². The van der Waals surface area contributed by atoms with Crippen LogP contribution >= 0.6 is 0 Å². The van der Waals surface area contributed by atoms with Crippen LogP contribution in [0.4, 0.5) is 0 Å². The minimum atomic E-state index is 0.601. The quantitative estimate of drug-likeness (QED) is 0.505. The van der Waals surface area contributed by atoms with Crippen LogP contribution in [-0.4, -0.2) is 56.2 Å². The fraction of sp³-hybridized carbons (Fsp3) is 0.650. The lowest BCUT2D eigenvalue weighted by Crippen LogP contribution is -2.40. The molecule has 0 atom stereocenters. The first-order chi connectivity index (χ1) is 12.2. The van der Waals surface area contributed by atoms with Gasteiger partial charge in [0, 0.05) is 31.7 Å². The van der Waals surface area contributed by atoms with Gasteiger partial charge in [-0.25, -0.2) is 0 Å². The number of nitrogens with zero attached hydrogens (tertiary/aromatic N) is 2. The number of rotatable bonds is 10. The summed E-state index contributed by atoms with van der Waals surface area (Å²) in [5.41, 5.74) is 1.22. The zero-order valence-electron chi connectivity index (χ0n) is 16.2. The molecule has 0 spiro atoms. The molecule has 0 aromatic heterocycles. The Bertz CT molecular complexity index is 538. The Morgan fingerprint density at radius 1 is 1.28 bits per heavy atom. The molecule has 1 saturated carbocycles. The van der Waals surface area contributed by atoms with Crippen LogP contribution in [0.15, 0.2) is 29.3 Å². The maximum absolute atomic E-state index is 5.41. The van der Waals surface area contributed by atoms with E-state index in [4.69, 9.17) is 9.73 Å². The Kier molecular flexibility index (Phi) is 8.06. The third kappa shape index (κ3) is 6.58. The van der Waals surface area contributed by atoms with Crippen LogP contribution in [0.3, 0.4) is 0 Å². The summed E-state index contributed by atoms with van der Waals surface area (Å²) in [6.07, 6.45) is 3.60. The first kappa shape index (κ1) is 19.6. The topological polar surface area (TPSA) is 48.9 Å². The van der Waals surface area contributed by atoms with Gasteiger partial charge in [-0.1, -0.05) is 18.2 Å². The predicted octanol–water partition coefficient (Wildman–Crippen LogP) is 2.67. The summed E-state index contributed by atoms with van der Waals surface area (Å²) >= 11 is 0. The maximum atomic E-state index is 5.41. The van der Waals surface area contributed by atoms with E-state index >= 15 is 0 Å². The van der Waals surface area contributed by atoms with E-state index in [1.54, 1.807) is 7.11 Å². The van der Waals surface area contributed by atoms with Gasteiger partial charge in [0.05, 0.1) is 13.7 Å². The molecule has 2 rings (SSSR count). The van der Waals surface area contributed by atoms with Crippen molar-refractivity contribution in [1.82, 2.24) is 15.5 Å². The number of para-hydroxylation sites is 1. The molecular formula is C20H34N4O. The van der Waals surface area contributed by atoms with Crippen molar-refractivity contribution < 1.29 is 4.74 Å². The lowest BCUT2D eigenvalue weighted by Gasteiger charge is -2.25. The standard InChI is InChI=1S/C20H34N4O/c1-5-21-20(23-14-15-24(16(2)3)18-10-11-18)22-13-12-17-8-6-7-9-19(17)25-4/h6-9,16,18H,5,10-15H2,1-4H3,(H2,21,22,23). The van der Waals surface area contributed by atoms with Gasteiger partial charge in [0.2, 0.25) is 0 Å². The number of ether oxygens (including phenoxy) is 1. The summed E-state index contributed by atoms with van der Waals surface area (Å²) in [6, 6.07) is 9.56. The van der Waals surface area contributed by atoms with Gasteiger partial charge < -0.3 is 15.4 Å². The average Bonchev–Trinajstić information content (AvgIpc) is 3.43. The van der Waals surface area contributed by atoms with Crippen molar-refractivity contribution in [2.75, 3.05) is 33.3 Å². The molecule has 1 aromatic carbocycles. The predicted molar refractivity (Wildman–Crippen MR) is 106 cm³/mol. The molecule has 5 heteroatoms.